The van der Waals surface area contributed by atoms with Gasteiger partial charge in [-0.1, -0.05) is 6.07 Å². The number of alkyl halides is 3. The maximum atomic E-state index is 13.8. The number of rotatable bonds is 10. The Labute approximate surface area is 244 Å². The number of likely N-dealkylation sites (N-methyl/N-ethyl adjacent to an activating group) is 1. The summed E-state index contributed by atoms with van der Waals surface area (Å²) < 4.78 is 42.2. The predicted molar refractivity (Wildman–Crippen MR) is 160 cm³/mol. The van der Waals surface area contributed by atoms with E-state index in [-0.39, 0.29) is 17.2 Å². The second kappa shape index (κ2) is 11.9. The van der Waals surface area contributed by atoms with Gasteiger partial charge >= 0.3 is 6.18 Å². The molecule has 13 heteroatoms. The number of anilines is 4. The van der Waals surface area contributed by atoms with Crippen LogP contribution in [0.1, 0.15) is 44.7 Å². The van der Waals surface area contributed by atoms with Gasteiger partial charge in [-0.25, -0.2) is 9.97 Å². The maximum Gasteiger partial charge on any atom is 0.418 e. The molecule has 0 saturated heterocycles. The number of fused-ring (bicyclic) bond motifs is 1. The molecule has 220 valence electrons. The molecule has 0 radical (unpaired) electrons. The fourth-order valence-corrected chi connectivity index (χ4v) is 5.20. The number of hydrogen-bond donors (Lipinski definition) is 4. The summed E-state index contributed by atoms with van der Waals surface area (Å²) in [5, 5.41) is 13.4. The number of carbonyl (C=O) groups is 2. The first-order valence-electron chi connectivity index (χ1n) is 13.3. The standard InChI is InChI=1S/C29H30F3N7O2S/c1-16-4-6-19(37-27(40)17-5-9-22(33-10-11-39(2)3)21(12-17)29(30,31)32)13-23(16)38-28(41)20-14-42-25-24(20)34-15-35-26(25)36-18-7-8-18/h4-6,9,12-15,18,33H,7-8,10-11H2,1-3H3,(H,37,40)(H,38,41)(H,34,35,36). The monoisotopic (exact) mass is 597 g/mol. The average molecular weight is 598 g/mol. The molecule has 0 spiro atoms. The Morgan fingerprint density at radius 3 is 2.52 bits per heavy atom. The smallest absolute Gasteiger partial charge is 0.383 e. The zero-order chi connectivity index (χ0) is 30.0. The number of aromatic nitrogens is 2. The molecule has 0 bridgehead atoms. The quantitative estimate of drug-likeness (QED) is 0.176. The average Bonchev–Trinajstić information content (AvgIpc) is 3.64. The summed E-state index contributed by atoms with van der Waals surface area (Å²) in [6.07, 6.45) is -1.06. The second-order valence-electron chi connectivity index (χ2n) is 10.4. The van der Waals surface area contributed by atoms with Crippen LogP contribution in [-0.2, 0) is 6.18 Å². The van der Waals surface area contributed by atoms with Crippen LogP contribution in [-0.4, -0.2) is 59.9 Å². The van der Waals surface area contributed by atoms with Crippen LogP contribution in [0, 0.1) is 6.92 Å². The first-order chi connectivity index (χ1) is 20.0. The third kappa shape index (κ3) is 6.80. The van der Waals surface area contributed by atoms with E-state index >= 15 is 0 Å². The fourth-order valence-electron chi connectivity index (χ4n) is 4.25. The Morgan fingerprint density at radius 1 is 1.02 bits per heavy atom. The van der Waals surface area contributed by atoms with Crippen molar-refractivity contribution in [1.29, 1.82) is 0 Å². The highest BCUT2D eigenvalue weighted by Crippen LogP contribution is 2.36. The Hall–Kier alpha value is -4.23. The Balaban J connectivity index is 1.31. The van der Waals surface area contributed by atoms with Gasteiger partial charge in [-0.2, -0.15) is 13.2 Å². The molecule has 2 amide bonds. The molecule has 1 aliphatic rings. The lowest BCUT2D eigenvalue weighted by Gasteiger charge is -2.17. The number of nitrogens with zero attached hydrogens (tertiary/aromatic N) is 3. The highest BCUT2D eigenvalue weighted by Gasteiger charge is 2.34. The summed E-state index contributed by atoms with van der Waals surface area (Å²) in [5.41, 5.74) is 1.26. The Bertz CT molecular complexity index is 1630. The Morgan fingerprint density at radius 2 is 1.81 bits per heavy atom. The van der Waals surface area contributed by atoms with E-state index in [0.29, 0.717) is 47.4 Å². The zero-order valence-electron chi connectivity index (χ0n) is 23.2. The number of aryl methyl sites for hydroxylation is 1. The van der Waals surface area contributed by atoms with Crippen LogP contribution in [0.2, 0.25) is 0 Å². The number of carbonyl (C=O) groups excluding carboxylic acids is 2. The molecule has 9 nitrogen and oxygen atoms in total. The summed E-state index contributed by atoms with van der Waals surface area (Å²) in [4.78, 5) is 36.7. The highest BCUT2D eigenvalue weighted by atomic mass is 32.1. The molecule has 1 fully saturated rings. The number of amides is 2. The molecule has 0 unspecified atom stereocenters. The lowest BCUT2D eigenvalue weighted by atomic mass is 10.1. The fraction of sp³-hybridized carbons (Fsp3) is 0.310. The lowest BCUT2D eigenvalue weighted by Crippen LogP contribution is -2.22. The summed E-state index contributed by atoms with van der Waals surface area (Å²) in [7, 11) is 3.65. The van der Waals surface area contributed by atoms with Crippen molar-refractivity contribution in [2.24, 2.45) is 0 Å². The number of halogens is 3. The number of benzene rings is 2. The lowest BCUT2D eigenvalue weighted by molar-refractivity contribution is -0.137. The van der Waals surface area contributed by atoms with E-state index in [0.717, 1.165) is 29.2 Å². The predicted octanol–water partition coefficient (Wildman–Crippen LogP) is 6.07. The SMILES string of the molecule is Cc1ccc(NC(=O)c2ccc(NCCN(C)C)c(C(F)(F)F)c2)cc1NC(=O)c1csc2c(NC3CC3)ncnc12. The summed E-state index contributed by atoms with van der Waals surface area (Å²) in [6, 6.07) is 8.72. The van der Waals surface area contributed by atoms with Gasteiger partial charge in [0.1, 0.15) is 12.1 Å². The van der Waals surface area contributed by atoms with Gasteiger partial charge < -0.3 is 26.2 Å². The van der Waals surface area contributed by atoms with Crippen molar-refractivity contribution < 1.29 is 22.8 Å². The summed E-state index contributed by atoms with van der Waals surface area (Å²) >= 11 is 1.38. The van der Waals surface area contributed by atoms with Gasteiger partial charge in [0.25, 0.3) is 11.8 Å². The van der Waals surface area contributed by atoms with Crippen molar-refractivity contribution in [2.45, 2.75) is 32.0 Å². The van der Waals surface area contributed by atoms with Gasteiger partial charge in [0.05, 0.1) is 21.3 Å². The molecule has 2 aromatic carbocycles. The molecule has 1 saturated carbocycles. The minimum absolute atomic E-state index is 0.0945. The van der Waals surface area contributed by atoms with Gasteiger partial charge in [0.15, 0.2) is 0 Å². The van der Waals surface area contributed by atoms with E-state index in [1.54, 1.807) is 30.5 Å². The van der Waals surface area contributed by atoms with Crippen LogP contribution in [0.15, 0.2) is 48.1 Å². The molecule has 4 aromatic rings. The maximum absolute atomic E-state index is 13.8. The van der Waals surface area contributed by atoms with Gasteiger partial charge in [-0.15, -0.1) is 11.3 Å². The third-order valence-corrected chi connectivity index (χ3v) is 7.70. The van der Waals surface area contributed by atoms with E-state index in [9.17, 15) is 22.8 Å². The molecule has 0 atom stereocenters. The first-order valence-corrected chi connectivity index (χ1v) is 14.2. The minimum atomic E-state index is -4.65. The number of thiophene rings is 1. The minimum Gasteiger partial charge on any atom is -0.383 e. The van der Waals surface area contributed by atoms with Crippen molar-refractivity contribution in [3.05, 3.63) is 70.4 Å². The van der Waals surface area contributed by atoms with Crippen LogP contribution in [0.25, 0.3) is 10.2 Å². The van der Waals surface area contributed by atoms with E-state index in [1.165, 1.54) is 29.8 Å². The number of hydrogen-bond acceptors (Lipinski definition) is 8. The molecule has 4 N–H and O–H groups in total. The molecule has 2 aromatic heterocycles. The summed E-state index contributed by atoms with van der Waals surface area (Å²) in [6.45, 7) is 2.65. The van der Waals surface area contributed by atoms with E-state index in [2.05, 4.69) is 31.2 Å². The molecule has 1 aliphatic carbocycles. The molecular weight excluding hydrogens is 567 g/mol. The van der Waals surface area contributed by atoms with Crippen LogP contribution >= 0.6 is 11.3 Å². The molecule has 5 rings (SSSR count). The summed E-state index contributed by atoms with van der Waals surface area (Å²) in [5.74, 6) is -0.382. The van der Waals surface area contributed by atoms with Crippen LogP contribution in [0.3, 0.4) is 0 Å². The van der Waals surface area contributed by atoms with Crippen LogP contribution < -0.4 is 21.3 Å². The van der Waals surface area contributed by atoms with E-state index in [4.69, 9.17) is 0 Å². The first kappa shape index (κ1) is 29.3. The second-order valence-corrected chi connectivity index (χ2v) is 11.3. The largest absolute Gasteiger partial charge is 0.418 e. The number of nitrogens with one attached hydrogen (secondary N) is 4. The van der Waals surface area contributed by atoms with Gasteiger partial charge in [0.2, 0.25) is 0 Å². The van der Waals surface area contributed by atoms with E-state index < -0.39 is 17.6 Å². The van der Waals surface area contributed by atoms with Gasteiger partial charge in [-0.3, -0.25) is 9.59 Å². The van der Waals surface area contributed by atoms with Crippen molar-refractivity contribution in [1.82, 2.24) is 14.9 Å². The molecular formula is C29H30F3N7O2S. The van der Waals surface area contributed by atoms with Crippen molar-refractivity contribution >= 4 is 56.2 Å². The van der Waals surface area contributed by atoms with Crippen molar-refractivity contribution in [3.8, 4) is 0 Å². The van der Waals surface area contributed by atoms with Crippen molar-refractivity contribution in [2.75, 3.05) is 48.5 Å². The molecule has 0 aliphatic heterocycles. The highest BCUT2D eigenvalue weighted by molar-refractivity contribution is 7.18. The van der Waals surface area contributed by atoms with Crippen LogP contribution in [0.5, 0.6) is 0 Å². The zero-order valence-corrected chi connectivity index (χ0v) is 24.0. The van der Waals surface area contributed by atoms with E-state index in [1.807, 2.05) is 19.0 Å². The molecule has 2 heterocycles. The third-order valence-electron chi connectivity index (χ3n) is 6.72. The van der Waals surface area contributed by atoms with Crippen LogP contribution in [0.4, 0.5) is 36.1 Å². The normalized spacial score (nSPS) is 13.3. The van der Waals surface area contributed by atoms with Crippen molar-refractivity contribution in [3.63, 3.8) is 0 Å². The van der Waals surface area contributed by atoms with Gasteiger partial charge in [-0.05, 0) is 69.8 Å². The molecule has 42 heavy (non-hydrogen) atoms. The van der Waals surface area contributed by atoms with Gasteiger partial charge in [0, 0.05) is 47.1 Å². The topological polar surface area (TPSA) is 111 Å². The Kier molecular flexibility index (Phi) is 8.32.